The molecular formula is C13H22O2. The van der Waals surface area contributed by atoms with Gasteiger partial charge in [0, 0.05) is 6.61 Å². The molecule has 0 aliphatic carbocycles. The maximum absolute atomic E-state index is 5.46. The number of ether oxygens (including phenoxy) is 2. The molecule has 0 amide bonds. The third kappa shape index (κ3) is 6.97. The van der Waals surface area contributed by atoms with Gasteiger partial charge in [0.25, 0.3) is 0 Å². The molecule has 0 fully saturated rings. The number of aryl methyl sites for hydroxylation is 1. The number of benzene rings is 1. The summed E-state index contributed by atoms with van der Waals surface area (Å²) in [6, 6.07) is 8.02. The van der Waals surface area contributed by atoms with Crippen molar-refractivity contribution < 1.29 is 9.47 Å². The molecule has 0 atom stereocenters. The molecule has 0 spiro atoms. The van der Waals surface area contributed by atoms with Crippen LogP contribution in [0.1, 0.15) is 26.3 Å². The van der Waals surface area contributed by atoms with E-state index in [4.69, 9.17) is 9.47 Å². The van der Waals surface area contributed by atoms with Gasteiger partial charge in [-0.15, -0.1) is 0 Å². The molecule has 2 nitrogen and oxygen atoms in total. The lowest BCUT2D eigenvalue weighted by Gasteiger charge is -2.06. The van der Waals surface area contributed by atoms with Crippen molar-refractivity contribution >= 4 is 0 Å². The van der Waals surface area contributed by atoms with Crippen molar-refractivity contribution in [1.29, 1.82) is 0 Å². The Balaban J connectivity index is 0.000000921. The summed E-state index contributed by atoms with van der Waals surface area (Å²) in [6.07, 6.45) is 0. The Hall–Kier alpha value is -1.02. The van der Waals surface area contributed by atoms with E-state index in [-0.39, 0.29) is 0 Å². The molecule has 0 aliphatic heterocycles. The molecule has 0 unspecified atom stereocenters. The van der Waals surface area contributed by atoms with E-state index < -0.39 is 0 Å². The van der Waals surface area contributed by atoms with Crippen molar-refractivity contribution in [2.45, 2.75) is 27.7 Å². The van der Waals surface area contributed by atoms with Gasteiger partial charge < -0.3 is 9.47 Å². The van der Waals surface area contributed by atoms with Gasteiger partial charge in [-0.25, -0.2) is 0 Å². The van der Waals surface area contributed by atoms with Crippen LogP contribution in [0.3, 0.4) is 0 Å². The van der Waals surface area contributed by atoms with Gasteiger partial charge in [-0.2, -0.15) is 0 Å². The van der Waals surface area contributed by atoms with Crippen LogP contribution >= 0.6 is 0 Å². The van der Waals surface area contributed by atoms with Crippen LogP contribution in [0.15, 0.2) is 24.3 Å². The quantitative estimate of drug-likeness (QED) is 0.693. The van der Waals surface area contributed by atoms with Crippen LogP contribution in [0.2, 0.25) is 0 Å². The Bertz CT molecular complexity index is 246. The van der Waals surface area contributed by atoms with Crippen molar-refractivity contribution in [1.82, 2.24) is 0 Å². The molecule has 1 rings (SSSR count). The molecular weight excluding hydrogens is 188 g/mol. The molecule has 1 aromatic carbocycles. The first-order chi connectivity index (χ1) is 7.33. The lowest BCUT2D eigenvalue weighted by molar-refractivity contribution is 0.110. The second kappa shape index (κ2) is 9.53. The second-order valence-corrected chi connectivity index (χ2v) is 2.86. The summed E-state index contributed by atoms with van der Waals surface area (Å²) in [5.74, 6) is 0.916. The average Bonchev–Trinajstić information content (AvgIpc) is 2.27. The Morgan fingerprint density at radius 2 is 1.87 bits per heavy atom. The second-order valence-electron chi connectivity index (χ2n) is 2.86. The monoisotopic (exact) mass is 210 g/mol. The highest BCUT2D eigenvalue weighted by molar-refractivity contribution is 5.27. The van der Waals surface area contributed by atoms with Crippen LogP contribution in [0.25, 0.3) is 0 Å². The Labute approximate surface area is 93.2 Å². The first-order valence-electron chi connectivity index (χ1n) is 5.60. The maximum Gasteiger partial charge on any atom is 0.119 e. The van der Waals surface area contributed by atoms with Crippen molar-refractivity contribution in [2.24, 2.45) is 0 Å². The molecule has 15 heavy (non-hydrogen) atoms. The van der Waals surface area contributed by atoms with Gasteiger partial charge in [-0.3, -0.25) is 0 Å². The molecule has 0 aromatic heterocycles. The van der Waals surface area contributed by atoms with Crippen LogP contribution in [-0.4, -0.2) is 19.8 Å². The topological polar surface area (TPSA) is 18.5 Å². The predicted molar refractivity (Wildman–Crippen MR) is 64.5 cm³/mol. The van der Waals surface area contributed by atoms with Gasteiger partial charge in [-0.05, 0) is 31.5 Å². The summed E-state index contributed by atoms with van der Waals surface area (Å²) >= 11 is 0. The lowest BCUT2D eigenvalue weighted by Crippen LogP contribution is -2.06. The van der Waals surface area contributed by atoms with Gasteiger partial charge in [0.1, 0.15) is 12.4 Å². The van der Waals surface area contributed by atoms with Crippen LogP contribution in [0.4, 0.5) is 0 Å². The highest BCUT2D eigenvalue weighted by Crippen LogP contribution is 2.11. The Kier molecular flexibility index (Phi) is 8.88. The van der Waals surface area contributed by atoms with E-state index in [0.29, 0.717) is 13.2 Å². The first-order valence-corrected chi connectivity index (χ1v) is 5.60. The van der Waals surface area contributed by atoms with Crippen LogP contribution in [0.5, 0.6) is 5.75 Å². The zero-order valence-electron chi connectivity index (χ0n) is 10.2. The maximum atomic E-state index is 5.46. The van der Waals surface area contributed by atoms with Gasteiger partial charge in [0.2, 0.25) is 0 Å². The Morgan fingerprint density at radius 1 is 1.13 bits per heavy atom. The predicted octanol–water partition coefficient (Wildman–Crippen LogP) is 3.44. The molecule has 0 saturated heterocycles. The van der Waals surface area contributed by atoms with E-state index >= 15 is 0 Å². The number of hydrogen-bond donors (Lipinski definition) is 0. The van der Waals surface area contributed by atoms with Crippen molar-refractivity contribution in [3.05, 3.63) is 29.8 Å². The largest absolute Gasteiger partial charge is 0.491 e. The SMILES string of the molecule is CC.CCOCCOc1cccc(C)c1. The van der Waals surface area contributed by atoms with Gasteiger partial charge in [0.05, 0.1) is 6.61 Å². The fourth-order valence-electron chi connectivity index (χ4n) is 1.07. The summed E-state index contributed by atoms with van der Waals surface area (Å²) < 4.78 is 10.6. The summed E-state index contributed by atoms with van der Waals surface area (Å²) in [7, 11) is 0. The molecule has 0 saturated carbocycles. The van der Waals surface area contributed by atoms with E-state index in [1.54, 1.807) is 0 Å². The van der Waals surface area contributed by atoms with E-state index in [1.165, 1.54) is 5.56 Å². The minimum absolute atomic E-state index is 0.622. The van der Waals surface area contributed by atoms with Crippen molar-refractivity contribution in [3.8, 4) is 5.75 Å². The highest BCUT2D eigenvalue weighted by Gasteiger charge is 1.92. The van der Waals surface area contributed by atoms with Gasteiger partial charge in [-0.1, -0.05) is 26.0 Å². The summed E-state index contributed by atoms with van der Waals surface area (Å²) in [5.41, 5.74) is 1.22. The minimum atomic E-state index is 0.622. The molecule has 2 heteroatoms. The van der Waals surface area contributed by atoms with E-state index in [0.717, 1.165) is 12.4 Å². The molecule has 86 valence electrons. The molecule has 1 aromatic rings. The first kappa shape index (κ1) is 14.0. The fourth-order valence-corrected chi connectivity index (χ4v) is 1.07. The average molecular weight is 210 g/mol. The zero-order chi connectivity index (χ0) is 11.5. The third-order valence-electron chi connectivity index (χ3n) is 1.69. The number of hydrogen-bond acceptors (Lipinski definition) is 2. The van der Waals surface area contributed by atoms with Crippen LogP contribution in [-0.2, 0) is 4.74 Å². The molecule has 0 N–H and O–H groups in total. The van der Waals surface area contributed by atoms with Gasteiger partial charge >= 0.3 is 0 Å². The van der Waals surface area contributed by atoms with E-state index in [2.05, 4.69) is 13.0 Å². The van der Waals surface area contributed by atoms with E-state index in [9.17, 15) is 0 Å². The summed E-state index contributed by atoms with van der Waals surface area (Å²) in [4.78, 5) is 0. The molecule has 0 radical (unpaired) electrons. The van der Waals surface area contributed by atoms with Crippen LogP contribution in [0, 0.1) is 6.92 Å². The molecule has 0 aliphatic rings. The summed E-state index contributed by atoms with van der Waals surface area (Å²) in [6.45, 7) is 10.1. The highest BCUT2D eigenvalue weighted by atomic mass is 16.5. The van der Waals surface area contributed by atoms with Crippen molar-refractivity contribution in [2.75, 3.05) is 19.8 Å². The van der Waals surface area contributed by atoms with E-state index in [1.807, 2.05) is 39.0 Å². The minimum Gasteiger partial charge on any atom is -0.491 e. The number of rotatable bonds is 5. The smallest absolute Gasteiger partial charge is 0.119 e. The standard InChI is InChI=1S/C11H16O2.C2H6/c1-3-12-7-8-13-11-6-4-5-10(2)9-11;1-2/h4-6,9H,3,7-8H2,1-2H3;1-2H3. The fraction of sp³-hybridized carbons (Fsp3) is 0.538. The van der Waals surface area contributed by atoms with Crippen LogP contribution < -0.4 is 4.74 Å². The zero-order valence-corrected chi connectivity index (χ0v) is 10.2. The van der Waals surface area contributed by atoms with Gasteiger partial charge in [0.15, 0.2) is 0 Å². The lowest BCUT2D eigenvalue weighted by atomic mass is 10.2. The normalized spacial score (nSPS) is 9.07. The summed E-state index contributed by atoms with van der Waals surface area (Å²) in [5, 5.41) is 0. The van der Waals surface area contributed by atoms with Crippen molar-refractivity contribution in [3.63, 3.8) is 0 Å². The molecule has 0 heterocycles. The molecule has 0 bridgehead atoms. The third-order valence-corrected chi connectivity index (χ3v) is 1.69. The Morgan fingerprint density at radius 3 is 2.47 bits per heavy atom.